The maximum absolute atomic E-state index is 12.7. The topological polar surface area (TPSA) is 51.0 Å². The van der Waals surface area contributed by atoms with Gasteiger partial charge in [-0.2, -0.15) is 0 Å². The molecule has 1 amide bonds. The van der Waals surface area contributed by atoms with E-state index in [-0.39, 0.29) is 5.91 Å². The molecule has 0 unspecified atom stereocenters. The average molecular weight is 425 g/mol. The number of hydrogen-bond acceptors (Lipinski definition) is 3. The van der Waals surface area contributed by atoms with Crippen LogP contribution in [0, 0.1) is 0 Å². The Kier molecular flexibility index (Phi) is 5.51. The van der Waals surface area contributed by atoms with Crippen LogP contribution in [0.15, 0.2) is 67.0 Å². The fourth-order valence-electron chi connectivity index (χ4n) is 3.24. The number of rotatable bonds is 5. The Morgan fingerprint density at radius 1 is 1.10 bits per heavy atom. The normalized spacial score (nSPS) is 11.0. The summed E-state index contributed by atoms with van der Waals surface area (Å²) >= 11 is 12.4. The van der Waals surface area contributed by atoms with Gasteiger partial charge in [-0.25, -0.2) is 4.98 Å². The molecule has 0 bridgehead atoms. The molecule has 29 heavy (non-hydrogen) atoms. The van der Waals surface area contributed by atoms with E-state index < -0.39 is 0 Å². The second-order valence-electron chi connectivity index (χ2n) is 6.74. The first kappa shape index (κ1) is 19.4. The number of aromatic nitrogens is 3. The zero-order chi connectivity index (χ0) is 20.4. The monoisotopic (exact) mass is 424 g/mol. The first-order chi connectivity index (χ1) is 14.0. The summed E-state index contributed by atoms with van der Waals surface area (Å²) in [6.45, 7) is 0.883. The predicted octanol–water partition coefficient (Wildman–Crippen LogP) is 5.06. The smallest absolute Gasteiger partial charge is 0.255 e. The molecule has 0 aliphatic carbocycles. The van der Waals surface area contributed by atoms with Gasteiger partial charge in [0, 0.05) is 29.5 Å². The van der Waals surface area contributed by atoms with Crippen LogP contribution in [0.25, 0.3) is 11.0 Å². The van der Waals surface area contributed by atoms with Crippen LogP contribution in [0.4, 0.5) is 0 Å². The number of halogens is 2. The summed E-state index contributed by atoms with van der Waals surface area (Å²) in [4.78, 5) is 23.2. The largest absolute Gasteiger partial charge is 0.334 e. The Balaban J connectivity index is 1.69. The molecule has 146 valence electrons. The molecule has 0 atom stereocenters. The molecule has 0 aliphatic heterocycles. The summed E-state index contributed by atoms with van der Waals surface area (Å²) in [5.74, 6) is 0.665. The van der Waals surface area contributed by atoms with Crippen molar-refractivity contribution >= 4 is 40.1 Å². The van der Waals surface area contributed by atoms with Gasteiger partial charge in [-0.15, -0.1) is 0 Å². The van der Waals surface area contributed by atoms with Crippen molar-refractivity contribution in [3.63, 3.8) is 0 Å². The maximum Gasteiger partial charge on any atom is 0.255 e. The van der Waals surface area contributed by atoms with Gasteiger partial charge in [0.15, 0.2) is 0 Å². The van der Waals surface area contributed by atoms with Gasteiger partial charge in [0.25, 0.3) is 5.91 Å². The van der Waals surface area contributed by atoms with Gasteiger partial charge in [0.05, 0.1) is 29.7 Å². The molecule has 0 spiro atoms. The standard InChI is InChI=1S/C22H18Cl2N4O/c1-27(22(29)15-5-4-10-25-12-15)14-21-26-19-6-2-3-7-20(19)28(21)13-16-8-9-17(23)11-18(16)24/h2-12H,13-14H2,1H3. The Morgan fingerprint density at radius 2 is 1.93 bits per heavy atom. The summed E-state index contributed by atoms with van der Waals surface area (Å²) in [7, 11) is 1.76. The third-order valence-corrected chi connectivity index (χ3v) is 5.30. The Morgan fingerprint density at radius 3 is 2.69 bits per heavy atom. The lowest BCUT2D eigenvalue weighted by molar-refractivity contribution is 0.0780. The van der Waals surface area contributed by atoms with Crippen molar-refractivity contribution in [1.82, 2.24) is 19.4 Å². The lowest BCUT2D eigenvalue weighted by atomic mass is 10.2. The van der Waals surface area contributed by atoms with E-state index in [4.69, 9.17) is 28.2 Å². The van der Waals surface area contributed by atoms with Gasteiger partial charge in [0.1, 0.15) is 5.82 Å². The minimum absolute atomic E-state index is 0.110. The zero-order valence-electron chi connectivity index (χ0n) is 15.7. The van der Waals surface area contributed by atoms with Gasteiger partial charge in [-0.05, 0) is 42.0 Å². The third kappa shape index (κ3) is 4.11. The summed E-state index contributed by atoms with van der Waals surface area (Å²) in [5.41, 5.74) is 3.32. The molecule has 0 radical (unpaired) electrons. The zero-order valence-corrected chi connectivity index (χ0v) is 17.2. The lowest BCUT2D eigenvalue weighted by Crippen LogP contribution is -2.28. The minimum Gasteiger partial charge on any atom is -0.334 e. The number of benzene rings is 2. The Hall–Kier alpha value is -2.89. The third-order valence-electron chi connectivity index (χ3n) is 4.71. The number of carbonyl (C=O) groups excluding carboxylic acids is 1. The van der Waals surface area contributed by atoms with E-state index in [1.807, 2.05) is 36.4 Å². The van der Waals surface area contributed by atoms with Gasteiger partial charge >= 0.3 is 0 Å². The highest BCUT2D eigenvalue weighted by atomic mass is 35.5. The van der Waals surface area contributed by atoms with Crippen molar-refractivity contribution in [1.29, 1.82) is 0 Å². The molecular weight excluding hydrogens is 407 g/mol. The summed E-state index contributed by atoms with van der Waals surface area (Å²) in [5, 5.41) is 1.19. The number of imidazole rings is 1. The van der Waals surface area contributed by atoms with Gasteiger partial charge in [-0.3, -0.25) is 9.78 Å². The summed E-state index contributed by atoms with van der Waals surface area (Å²) in [6, 6.07) is 16.9. The number of nitrogens with zero attached hydrogens (tertiary/aromatic N) is 4. The van der Waals surface area contributed by atoms with Gasteiger partial charge in [-0.1, -0.05) is 41.4 Å². The Labute approximate surface area is 178 Å². The molecule has 5 nitrogen and oxygen atoms in total. The SMILES string of the molecule is CN(Cc1nc2ccccc2n1Cc1ccc(Cl)cc1Cl)C(=O)c1cccnc1. The number of fused-ring (bicyclic) bond motifs is 1. The second kappa shape index (κ2) is 8.23. The van der Waals surface area contributed by atoms with Gasteiger partial charge in [0.2, 0.25) is 0 Å². The lowest BCUT2D eigenvalue weighted by Gasteiger charge is -2.18. The van der Waals surface area contributed by atoms with Crippen LogP contribution in [-0.4, -0.2) is 32.4 Å². The molecule has 4 aromatic rings. The van der Waals surface area contributed by atoms with Crippen LogP contribution in [0.5, 0.6) is 0 Å². The van der Waals surface area contributed by atoms with E-state index >= 15 is 0 Å². The van der Waals surface area contributed by atoms with Crippen molar-refractivity contribution in [2.75, 3.05) is 7.05 Å². The van der Waals surface area contributed by atoms with Crippen molar-refractivity contribution in [2.24, 2.45) is 0 Å². The number of carbonyl (C=O) groups is 1. The van der Waals surface area contributed by atoms with Crippen molar-refractivity contribution in [3.05, 3.63) is 94.0 Å². The molecule has 0 aliphatic rings. The van der Waals surface area contributed by atoms with E-state index in [2.05, 4.69) is 9.55 Å². The summed E-state index contributed by atoms with van der Waals surface area (Å²) < 4.78 is 2.08. The second-order valence-corrected chi connectivity index (χ2v) is 7.59. The van der Waals surface area contributed by atoms with E-state index in [1.54, 1.807) is 42.5 Å². The fraction of sp³-hybridized carbons (Fsp3) is 0.136. The summed E-state index contributed by atoms with van der Waals surface area (Å²) in [6.07, 6.45) is 3.21. The van der Waals surface area contributed by atoms with Crippen LogP contribution >= 0.6 is 23.2 Å². The Bertz CT molecular complexity index is 1170. The molecule has 7 heteroatoms. The average Bonchev–Trinajstić information content (AvgIpc) is 3.07. The van der Waals surface area contributed by atoms with Crippen LogP contribution in [-0.2, 0) is 13.1 Å². The molecule has 0 N–H and O–H groups in total. The van der Waals surface area contributed by atoms with Crippen molar-refractivity contribution < 1.29 is 4.79 Å². The molecule has 2 heterocycles. The number of para-hydroxylation sites is 2. The highest BCUT2D eigenvalue weighted by Gasteiger charge is 2.18. The number of pyridine rings is 1. The fourth-order valence-corrected chi connectivity index (χ4v) is 3.70. The van der Waals surface area contributed by atoms with Crippen LogP contribution in [0.2, 0.25) is 10.0 Å². The first-order valence-electron chi connectivity index (χ1n) is 9.06. The van der Waals surface area contributed by atoms with E-state index in [1.165, 1.54) is 0 Å². The highest BCUT2D eigenvalue weighted by Crippen LogP contribution is 2.25. The van der Waals surface area contributed by atoms with E-state index in [9.17, 15) is 4.79 Å². The molecule has 2 aromatic heterocycles. The van der Waals surface area contributed by atoms with Crippen LogP contribution in [0.1, 0.15) is 21.7 Å². The maximum atomic E-state index is 12.7. The predicted molar refractivity (Wildman–Crippen MR) is 115 cm³/mol. The molecule has 0 saturated carbocycles. The van der Waals surface area contributed by atoms with Crippen LogP contribution < -0.4 is 0 Å². The minimum atomic E-state index is -0.110. The highest BCUT2D eigenvalue weighted by molar-refractivity contribution is 6.35. The number of hydrogen-bond donors (Lipinski definition) is 0. The molecule has 4 rings (SSSR count). The van der Waals surface area contributed by atoms with Crippen molar-refractivity contribution in [3.8, 4) is 0 Å². The van der Waals surface area contributed by atoms with Crippen LogP contribution in [0.3, 0.4) is 0 Å². The molecular formula is C22H18Cl2N4O. The molecule has 0 saturated heterocycles. The first-order valence-corrected chi connectivity index (χ1v) is 9.82. The van der Waals surface area contributed by atoms with Gasteiger partial charge < -0.3 is 9.47 Å². The molecule has 0 fully saturated rings. The van der Waals surface area contributed by atoms with E-state index in [0.717, 1.165) is 22.4 Å². The quantitative estimate of drug-likeness (QED) is 0.449. The van der Waals surface area contributed by atoms with E-state index in [0.29, 0.717) is 28.7 Å². The number of amides is 1. The molecule has 2 aromatic carbocycles. The van der Waals surface area contributed by atoms with Crippen molar-refractivity contribution in [2.45, 2.75) is 13.1 Å².